The highest BCUT2D eigenvalue weighted by Gasteiger charge is 2.33. The molecule has 0 aliphatic heterocycles. The first-order valence-electron chi connectivity index (χ1n) is 8.82. The first-order valence-corrected chi connectivity index (χ1v) is 10.3. The van der Waals surface area contributed by atoms with Gasteiger partial charge >= 0.3 is 0 Å². The van der Waals surface area contributed by atoms with E-state index in [1.807, 2.05) is 6.92 Å². The lowest BCUT2D eigenvalue weighted by Crippen LogP contribution is -2.37. The van der Waals surface area contributed by atoms with Crippen molar-refractivity contribution in [2.75, 3.05) is 18.5 Å². The van der Waals surface area contributed by atoms with E-state index in [1.165, 1.54) is 44.6 Å². The van der Waals surface area contributed by atoms with Crippen LogP contribution in [0.1, 0.15) is 15.9 Å². The molecule has 3 rings (SSSR count). The lowest BCUT2D eigenvalue weighted by molar-refractivity contribution is 0.100. The fourth-order valence-electron chi connectivity index (χ4n) is 2.83. The molecule has 0 radical (unpaired) electrons. The molecule has 0 N–H and O–H groups in total. The number of benzene rings is 3. The SMILES string of the molecule is COc1ccc(N(C(=O)c2ccccc2OC)S(=O)(=O)c2ccc(C)cc2)cc1. The number of amides is 1. The molecule has 3 aromatic carbocycles. The summed E-state index contributed by atoms with van der Waals surface area (Å²) in [5.41, 5.74) is 1.25. The van der Waals surface area contributed by atoms with Gasteiger partial charge in [0.2, 0.25) is 0 Å². The van der Waals surface area contributed by atoms with E-state index in [0.717, 1.165) is 9.87 Å². The van der Waals surface area contributed by atoms with Crippen molar-refractivity contribution in [1.82, 2.24) is 0 Å². The van der Waals surface area contributed by atoms with Crippen LogP contribution in [0.15, 0.2) is 77.7 Å². The van der Waals surface area contributed by atoms with E-state index < -0.39 is 15.9 Å². The van der Waals surface area contributed by atoms with Crippen molar-refractivity contribution in [1.29, 1.82) is 0 Å². The number of carbonyl (C=O) groups excluding carboxylic acids is 1. The zero-order chi connectivity index (χ0) is 21.0. The number of hydrogen-bond donors (Lipinski definition) is 0. The Morgan fingerprint density at radius 3 is 2.03 bits per heavy atom. The molecule has 0 heterocycles. The first kappa shape index (κ1) is 20.4. The van der Waals surface area contributed by atoms with Gasteiger partial charge in [-0.05, 0) is 55.5 Å². The van der Waals surface area contributed by atoms with Crippen LogP contribution in [0.25, 0.3) is 0 Å². The Bertz CT molecular complexity index is 1110. The van der Waals surface area contributed by atoms with Gasteiger partial charge in [-0.25, -0.2) is 8.42 Å². The highest BCUT2D eigenvalue weighted by atomic mass is 32.2. The van der Waals surface area contributed by atoms with Crippen LogP contribution in [0.5, 0.6) is 11.5 Å². The van der Waals surface area contributed by atoms with Crippen LogP contribution in [0, 0.1) is 6.92 Å². The maximum atomic E-state index is 13.4. The van der Waals surface area contributed by atoms with Crippen LogP contribution in [0.3, 0.4) is 0 Å². The second-order valence-electron chi connectivity index (χ2n) is 6.29. The van der Waals surface area contributed by atoms with Crippen molar-refractivity contribution in [3.8, 4) is 11.5 Å². The van der Waals surface area contributed by atoms with E-state index in [9.17, 15) is 13.2 Å². The number of hydrogen-bond acceptors (Lipinski definition) is 5. The lowest BCUT2D eigenvalue weighted by atomic mass is 10.2. The Labute approximate surface area is 170 Å². The van der Waals surface area contributed by atoms with Crippen LogP contribution in [0.4, 0.5) is 5.69 Å². The minimum Gasteiger partial charge on any atom is -0.497 e. The summed E-state index contributed by atoms with van der Waals surface area (Å²) in [5.74, 6) is 0.120. The third kappa shape index (κ3) is 4.09. The van der Waals surface area contributed by atoms with Crippen molar-refractivity contribution in [3.05, 3.63) is 83.9 Å². The topological polar surface area (TPSA) is 72.9 Å². The second-order valence-corrected chi connectivity index (χ2v) is 8.07. The van der Waals surface area contributed by atoms with Crippen LogP contribution in [-0.4, -0.2) is 28.5 Å². The molecule has 0 saturated carbocycles. The molecule has 150 valence electrons. The monoisotopic (exact) mass is 411 g/mol. The molecular weight excluding hydrogens is 390 g/mol. The second kappa shape index (κ2) is 8.36. The molecule has 0 aliphatic carbocycles. The zero-order valence-electron chi connectivity index (χ0n) is 16.3. The average Bonchev–Trinajstić information content (AvgIpc) is 2.74. The first-order chi connectivity index (χ1) is 13.9. The smallest absolute Gasteiger partial charge is 0.276 e. The number of rotatable bonds is 6. The van der Waals surface area contributed by atoms with Crippen molar-refractivity contribution in [2.24, 2.45) is 0 Å². The number of para-hydroxylation sites is 1. The molecule has 0 unspecified atom stereocenters. The Morgan fingerprint density at radius 1 is 0.828 bits per heavy atom. The Hall–Kier alpha value is -3.32. The number of methoxy groups -OCH3 is 2. The van der Waals surface area contributed by atoms with Crippen molar-refractivity contribution in [2.45, 2.75) is 11.8 Å². The fourth-order valence-corrected chi connectivity index (χ4v) is 4.24. The highest BCUT2D eigenvalue weighted by molar-refractivity contribution is 7.93. The molecule has 0 aromatic heterocycles. The summed E-state index contributed by atoms with van der Waals surface area (Å²) in [6.07, 6.45) is 0. The van der Waals surface area contributed by atoms with Gasteiger partial charge in [0, 0.05) is 0 Å². The van der Waals surface area contributed by atoms with Crippen molar-refractivity contribution >= 4 is 21.6 Å². The lowest BCUT2D eigenvalue weighted by Gasteiger charge is -2.23. The van der Waals surface area contributed by atoms with Gasteiger partial charge in [-0.15, -0.1) is 0 Å². The van der Waals surface area contributed by atoms with Gasteiger partial charge in [0.15, 0.2) is 0 Å². The molecule has 0 bridgehead atoms. The van der Waals surface area contributed by atoms with Gasteiger partial charge in [0.05, 0.1) is 30.4 Å². The average molecular weight is 411 g/mol. The van der Waals surface area contributed by atoms with Gasteiger partial charge < -0.3 is 9.47 Å². The minimum atomic E-state index is -4.18. The van der Waals surface area contributed by atoms with E-state index in [0.29, 0.717) is 5.75 Å². The number of carbonyl (C=O) groups is 1. The normalized spacial score (nSPS) is 11.0. The predicted molar refractivity (Wildman–Crippen MR) is 111 cm³/mol. The van der Waals surface area contributed by atoms with Crippen LogP contribution >= 0.6 is 0 Å². The minimum absolute atomic E-state index is 0.0159. The zero-order valence-corrected chi connectivity index (χ0v) is 17.1. The number of nitrogens with zero attached hydrogens (tertiary/aromatic N) is 1. The molecule has 1 amide bonds. The molecule has 0 aliphatic rings. The van der Waals surface area contributed by atoms with Crippen LogP contribution in [0.2, 0.25) is 0 Å². The van der Waals surface area contributed by atoms with E-state index in [1.54, 1.807) is 42.5 Å². The summed E-state index contributed by atoms with van der Waals surface area (Å²) in [6, 6.07) is 19.1. The molecular formula is C22H21NO5S. The molecule has 3 aromatic rings. The molecule has 0 spiro atoms. The number of anilines is 1. The molecule has 0 atom stereocenters. The van der Waals surface area contributed by atoms with E-state index >= 15 is 0 Å². The van der Waals surface area contributed by atoms with E-state index in [4.69, 9.17) is 9.47 Å². The summed E-state index contributed by atoms with van der Waals surface area (Å²) in [6.45, 7) is 1.86. The van der Waals surface area contributed by atoms with Gasteiger partial charge in [-0.1, -0.05) is 29.8 Å². The highest BCUT2D eigenvalue weighted by Crippen LogP contribution is 2.30. The van der Waals surface area contributed by atoms with Crippen LogP contribution < -0.4 is 13.8 Å². The number of ether oxygens (including phenoxy) is 2. The summed E-state index contributed by atoms with van der Waals surface area (Å²) in [7, 11) is -1.24. The summed E-state index contributed by atoms with van der Waals surface area (Å²) in [5, 5.41) is 0. The Kier molecular flexibility index (Phi) is 5.89. The van der Waals surface area contributed by atoms with Crippen molar-refractivity contribution in [3.63, 3.8) is 0 Å². The van der Waals surface area contributed by atoms with E-state index in [2.05, 4.69) is 0 Å². The maximum absolute atomic E-state index is 13.4. The number of sulfonamides is 1. The number of aryl methyl sites for hydroxylation is 1. The molecule has 0 fully saturated rings. The van der Waals surface area contributed by atoms with Crippen LogP contribution in [-0.2, 0) is 10.0 Å². The Balaban J connectivity index is 2.18. The van der Waals surface area contributed by atoms with Gasteiger partial charge in [-0.2, -0.15) is 4.31 Å². The third-order valence-corrected chi connectivity index (χ3v) is 6.11. The molecule has 7 heteroatoms. The fraction of sp³-hybridized carbons (Fsp3) is 0.136. The van der Waals surface area contributed by atoms with Gasteiger partial charge in [0.25, 0.3) is 15.9 Å². The Morgan fingerprint density at radius 2 is 1.45 bits per heavy atom. The molecule has 0 saturated heterocycles. The maximum Gasteiger partial charge on any atom is 0.276 e. The van der Waals surface area contributed by atoms with Crippen molar-refractivity contribution < 1.29 is 22.7 Å². The molecule has 6 nitrogen and oxygen atoms in total. The quantitative estimate of drug-likeness (QED) is 0.612. The largest absolute Gasteiger partial charge is 0.497 e. The van der Waals surface area contributed by atoms with E-state index in [-0.39, 0.29) is 21.9 Å². The standard InChI is InChI=1S/C22H21NO5S/c1-16-8-14-19(15-9-16)29(25,26)23(17-10-12-18(27-2)13-11-17)22(24)20-6-4-5-7-21(20)28-3/h4-15H,1-3H3. The summed E-state index contributed by atoms with van der Waals surface area (Å²) in [4.78, 5) is 13.4. The summed E-state index contributed by atoms with van der Waals surface area (Å²) >= 11 is 0. The van der Waals surface area contributed by atoms with Gasteiger partial charge in [0.1, 0.15) is 11.5 Å². The summed E-state index contributed by atoms with van der Waals surface area (Å²) < 4.78 is 38.1. The predicted octanol–water partition coefficient (Wildman–Crippen LogP) is 4.05. The van der Waals surface area contributed by atoms with Gasteiger partial charge in [-0.3, -0.25) is 4.79 Å². The molecule has 29 heavy (non-hydrogen) atoms. The third-order valence-electron chi connectivity index (χ3n) is 4.39.